The number of hydrogen-bond acceptors (Lipinski definition) is 2. The normalized spacial score (nSPS) is 11.7. The summed E-state index contributed by atoms with van der Waals surface area (Å²) in [6.45, 7) is 1.89. The number of rotatable bonds is 4. The van der Waals surface area contributed by atoms with Crippen LogP contribution in [-0.4, -0.2) is 29.6 Å². The van der Waals surface area contributed by atoms with Gasteiger partial charge in [-0.05, 0) is 31.5 Å². The van der Waals surface area contributed by atoms with Crippen molar-refractivity contribution < 1.29 is 18.0 Å². The first kappa shape index (κ1) is 15.3. The molecule has 1 rings (SSSR count). The lowest BCUT2D eigenvalue weighted by atomic mass is 10.1. The number of halogens is 3. The maximum atomic E-state index is 12.4. The Morgan fingerprint density at radius 3 is 2.47 bits per heavy atom. The van der Waals surface area contributed by atoms with Crippen LogP contribution in [0, 0.1) is 0 Å². The van der Waals surface area contributed by atoms with Gasteiger partial charge in [-0.1, -0.05) is 12.1 Å². The van der Waals surface area contributed by atoms with Crippen molar-refractivity contribution in [3.63, 3.8) is 0 Å². The summed E-state index contributed by atoms with van der Waals surface area (Å²) >= 11 is 0. The van der Waals surface area contributed by atoms with Crippen LogP contribution in [0.25, 0.3) is 0 Å². The molecule has 1 aromatic carbocycles. The molecular formula is C13H17F3N2O. The largest absolute Gasteiger partial charge is 0.406 e. The van der Waals surface area contributed by atoms with Gasteiger partial charge in [-0.25, -0.2) is 0 Å². The highest BCUT2D eigenvalue weighted by Gasteiger charge is 2.34. The summed E-state index contributed by atoms with van der Waals surface area (Å²) in [6, 6.07) is 6.07. The fourth-order valence-electron chi connectivity index (χ4n) is 1.73. The first-order valence-electron chi connectivity index (χ1n) is 5.89. The number of nitrogen functional groups attached to an aromatic ring is 1. The van der Waals surface area contributed by atoms with Crippen LogP contribution in [0.5, 0.6) is 0 Å². The molecule has 1 aromatic rings. The zero-order valence-corrected chi connectivity index (χ0v) is 10.9. The number of hydrogen-bond donors (Lipinski definition) is 1. The second-order valence-corrected chi connectivity index (χ2v) is 4.65. The molecule has 106 valence electrons. The standard InChI is InChI=1S/C13H17F3N2O/c1-9(2)18(8-13(14,15)16)12(19)7-10-4-3-5-11(17)6-10/h3-6,9H,7-8,17H2,1-2H3. The molecule has 0 spiro atoms. The Kier molecular flexibility index (Phi) is 4.80. The molecule has 3 nitrogen and oxygen atoms in total. The van der Waals surface area contributed by atoms with E-state index in [-0.39, 0.29) is 6.42 Å². The fraction of sp³-hybridized carbons (Fsp3) is 0.462. The molecule has 0 aliphatic rings. The van der Waals surface area contributed by atoms with Crippen LogP contribution in [0.2, 0.25) is 0 Å². The van der Waals surface area contributed by atoms with Crippen molar-refractivity contribution >= 4 is 11.6 Å². The van der Waals surface area contributed by atoms with Crippen molar-refractivity contribution in [2.75, 3.05) is 12.3 Å². The Morgan fingerprint density at radius 2 is 2.00 bits per heavy atom. The number of amides is 1. The number of alkyl halides is 3. The van der Waals surface area contributed by atoms with Crippen LogP contribution in [0.3, 0.4) is 0 Å². The van der Waals surface area contributed by atoms with E-state index in [9.17, 15) is 18.0 Å². The van der Waals surface area contributed by atoms with Crippen LogP contribution in [0.1, 0.15) is 19.4 Å². The van der Waals surface area contributed by atoms with Gasteiger partial charge in [-0.3, -0.25) is 4.79 Å². The van der Waals surface area contributed by atoms with Gasteiger partial charge in [-0.2, -0.15) is 13.2 Å². The van der Waals surface area contributed by atoms with E-state index in [4.69, 9.17) is 5.73 Å². The summed E-state index contributed by atoms with van der Waals surface area (Å²) in [5.41, 5.74) is 6.66. The van der Waals surface area contributed by atoms with Crippen LogP contribution >= 0.6 is 0 Å². The number of nitrogens with two attached hydrogens (primary N) is 1. The first-order chi connectivity index (χ1) is 8.69. The molecule has 2 N–H and O–H groups in total. The third kappa shape index (κ3) is 5.19. The zero-order valence-electron chi connectivity index (χ0n) is 10.9. The van der Waals surface area contributed by atoms with Crippen LogP contribution in [-0.2, 0) is 11.2 Å². The molecule has 0 atom stereocenters. The zero-order chi connectivity index (χ0) is 14.6. The summed E-state index contributed by atoms with van der Waals surface area (Å²) in [5.74, 6) is -0.557. The van der Waals surface area contributed by atoms with E-state index < -0.39 is 24.7 Å². The van der Waals surface area contributed by atoms with Gasteiger partial charge >= 0.3 is 6.18 Å². The summed E-state index contributed by atoms with van der Waals surface area (Å²) in [6.07, 6.45) is -4.48. The van der Waals surface area contributed by atoms with Gasteiger partial charge < -0.3 is 10.6 Å². The molecular weight excluding hydrogens is 257 g/mol. The summed E-state index contributed by atoms with van der Waals surface area (Å²) in [4.78, 5) is 12.8. The molecule has 0 bridgehead atoms. The van der Waals surface area contributed by atoms with Crippen molar-refractivity contribution in [2.24, 2.45) is 0 Å². The van der Waals surface area contributed by atoms with Gasteiger partial charge in [-0.15, -0.1) is 0 Å². The second-order valence-electron chi connectivity index (χ2n) is 4.65. The number of carbonyl (C=O) groups is 1. The predicted octanol–water partition coefficient (Wildman–Crippen LogP) is 2.61. The maximum Gasteiger partial charge on any atom is 0.406 e. The van der Waals surface area contributed by atoms with Crippen molar-refractivity contribution in [1.82, 2.24) is 4.90 Å². The first-order valence-corrected chi connectivity index (χ1v) is 5.89. The van der Waals surface area contributed by atoms with E-state index in [0.29, 0.717) is 11.3 Å². The smallest absolute Gasteiger partial charge is 0.399 e. The quantitative estimate of drug-likeness (QED) is 0.858. The molecule has 0 saturated heterocycles. The Balaban J connectivity index is 2.78. The third-order valence-electron chi connectivity index (χ3n) is 2.60. The highest BCUT2D eigenvalue weighted by atomic mass is 19.4. The number of nitrogens with zero attached hydrogens (tertiary/aromatic N) is 1. The number of anilines is 1. The van der Waals surface area contributed by atoms with Crippen LogP contribution in [0.15, 0.2) is 24.3 Å². The molecule has 1 amide bonds. The molecule has 0 heterocycles. The van der Waals surface area contributed by atoms with Crippen LogP contribution < -0.4 is 5.73 Å². The van der Waals surface area contributed by atoms with Crippen molar-refractivity contribution in [3.8, 4) is 0 Å². The average Bonchev–Trinajstić information content (AvgIpc) is 2.24. The molecule has 0 aliphatic carbocycles. The Morgan fingerprint density at radius 1 is 1.37 bits per heavy atom. The SMILES string of the molecule is CC(C)N(CC(F)(F)F)C(=O)Cc1cccc(N)c1. The number of benzene rings is 1. The Bertz CT molecular complexity index is 444. The van der Waals surface area contributed by atoms with E-state index in [2.05, 4.69) is 0 Å². The molecule has 0 aliphatic heterocycles. The summed E-state index contributed by atoms with van der Waals surface area (Å²) < 4.78 is 37.2. The van der Waals surface area contributed by atoms with E-state index in [1.54, 1.807) is 38.1 Å². The molecule has 0 saturated carbocycles. The van der Waals surface area contributed by atoms with Gasteiger partial charge in [0, 0.05) is 11.7 Å². The van der Waals surface area contributed by atoms with Crippen molar-refractivity contribution in [2.45, 2.75) is 32.5 Å². The summed E-state index contributed by atoms with van der Waals surface area (Å²) in [5, 5.41) is 0. The van der Waals surface area contributed by atoms with Gasteiger partial charge in [0.15, 0.2) is 0 Å². The van der Waals surface area contributed by atoms with E-state index in [0.717, 1.165) is 4.90 Å². The second kappa shape index (κ2) is 5.95. The topological polar surface area (TPSA) is 46.3 Å². The third-order valence-corrected chi connectivity index (χ3v) is 2.60. The van der Waals surface area contributed by atoms with E-state index >= 15 is 0 Å². The summed E-state index contributed by atoms with van der Waals surface area (Å²) in [7, 11) is 0. The number of carbonyl (C=O) groups excluding carboxylic acids is 1. The van der Waals surface area contributed by atoms with E-state index in [1.807, 2.05) is 0 Å². The van der Waals surface area contributed by atoms with Gasteiger partial charge in [0.1, 0.15) is 6.54 Å². The van der Waals surface area contributed by atoms with Gasteiger partial charge in [0.25, 0.3) is 0 Å². The maximum absolute atomic E-state index is 12.4. The molecule has 19 heavy (non-hydrogen) atoms. The predicted molar refractivity (Wildman–Crippen MR) is 67.5 cm³/mol. The molecule has 0 radical (unpaired) electrons. The fourth-order valence-corrected chi connectivity index (χ4v) is 1.73. The Hall–Kier alpha value is -1.72. The van der Waals surface area contributed by atoms with Gasteiger partial charge in [0.05, 0.1) is 6.42 Å². The van der Waals surface area contributed by atoms with Crippen molar-refractivity contribution in [1.29, 1.82) is 0 Å². The lowest BCUT2D eigenvalue weighted by molar-refractivity contribution is -0.164. The molecule has 0 aromatic heterocycles. The Labute approximate surface area is 110 Å². The minimum atomic E-state index is -4.39. The monoisotopic (exact) mass is 274 g/mol. The van der Waals surface area contributed by atoms with Crippen molar-refractivity contribution in [3.05, 3.63) is 29.8 Å². The molecule has 6 heteroatoms. The highest BCUT2D eigenvalue weighted by molar-refractivity contribution is 5.79. The lowest BCUT2D eigenvalue weighted by Gasteiger charge is -2.27. The molecule has 0 fully saturated rings. The van der Waals surface area contributed by atoms with Gasteiger partial charge in [0.2, 0.25) is 5.91 Å². The van der Waals surface area contributed by atoms with E-state index in [1.165, 1.54) is 0 Å². The highest BCUT2D eigenvalue weighted by Crippen LogP contribution is 2.19. The van der Waals surface area contributed by atoms with Crippen LogP contribution in [0.4, 0.5) is 18.9 Å². The molecule has 0 unspecified atom stereocenters. The minimum absolute atomic E-state index is 0.0840. The lowest BCUT2D eigenvalue weighted by Crippen LogP contribution is -2.44. The average molecular weight is 274 g/mol. The minimum Gasteiger partial charge on any atom is -0.399 e.